The van der Waals surface area contributed by atoms with Crippen molar-refractivity contribution in [1.82, 2.24) is 15.6 Å². The number of nitrogens with zero attached hydrogens (tertiary/aromatic N) is 2. The lowest BCUT2D eigenvalue weighted by molar-refractivity contribution is 0.772. The predicted molar refractivity (Wildman–Crippen MR) is 113 cm³/mol. The van der Waals surface area contributed by atoms with Crippen molar-refractivity contribution in [3.63, 3.8) is 0 Å². The highest BCUT2D eigenvalue weighted by atomic mass is 127. The fraction of sp³-hybridized carbons (Fsp3) is 0.333. The summed E-state index contributed by atoms with van der Waals surface area (Å²) in [5.41, 5.74) is 2.48. The molecule has 1 aliphatic carbocycles. The van der Waals surface area contributed by atoms with Gasteiger partial charge >= 0.3 is 0 Å². The summed E-state index contributed by atoms with van der Waals surface area (Å²) in [6.07, 6.45) is 3.88. The van der Waals surface area contributed by atoms with E-state index < -0.39 is 0 Å². The summed E-state index contributed by atoms with van der Waals surface area (Å²) >= 11 is 3.48. The minimum atomic E-state index is 0. The van der Waals surface area contributed by atoms with Crippen LogP contribution in [0.25, 0.3) is 0 Å². The maximum Gasteiger partial charge on any atom is 0.191 e. The number of rotatable bonds is 5. The largest absolute Gasteiger partial charge is 0.356 e. The summed E-state index contributed by atoms with van der Waals surface area (Å²) in [6.45, 7) is 0.826. The molecule has 128 valence electrons. The van der Waals surface area contributed by atoms with Gasteiger partial charge in [0, 0.05) is 48.3 Å². The van der Waals surface area contributed by atoms with Gasteiger partial charge < -0.3 is 10.6 Å². The van der Waals surface area contributed by atoms with E-state index in [2.05, 4.69) is 60.8 Å². The lowest BCUT2D eigenvalue weighted by atomic mass is 10.1. The first kappa shape index (κ1) is 19.2. The van der Waals surface area contributed by atoms with Gasteiger partial charge in [-0.2, -0.15) is 0 Å². The predicted octanol–water partition coefficient (Wildman–Crippen LogP) is 3.73. The van der Waals surface area contributed by atoms with Crippen LogP contribution in [0.1, 0.15) is 23.6 Å². The number of benzene rings is 1. The second kappa shape index (κ2) is 9.36. The van der Waals surface area contributed by atoms with Gasteiger partial charge in [-0.25, -0.2) is 0 Å². The molecule has 0 radical (unpaired) electrons. The summed E-state index contributed by atoms with van der Waals surface area (Å²) in [5.74, 6) is 1.45. The zero-order chi connectivity index (χ0) is 16.1. The molecule has 2 atom stereocenters. The molecule has 0 amide bonds. The van der Waals surface area contributed by atoms with E-state index in [0.717, 1.165) is 35.5 Å². The van der Waals surface area contributed by atoms with Gasteiger partial charge in [-0.1, -0.05) is 34.1 Å². The van der Waals surface area contributed by atoms with Gasteiger partial charge in [-0.15, -0.1) is 24.0 Å². The number of hydrogen-bond donors (Lipinski definition) is 2. The zero-order valence-corrected chi connectivity index (χ0v) is 17.5. The average Bonchev–Trinajstić information content (AvgIpc) is 3.35. The summed E-state index contributed by atoms with van der Waals surface area (Å²) in [6, 6.07) is 15.0. The van der Waals surface area contributed by atoms with Crippen molar-refractivity contribution in [3.05, 3.63) is 64.4 Å². The molecule has 0 spiro atoms. The second-order valence-corrected chi connectivity index (χ2v) is 6.63. The Labute approximate surface area is 168 Å². The third-order valence-electron chi connectivity index (χ3n) is 4.03. The number of pyridine rings is 1. The molecule has 24 heavy (non-hydrogen) atoms. The van der Waals surface area contributed by atoms with Crippen molar-refractivity contribution >= 4 is 45.9 Å². The number of hydrogen-bond acceptors (Lipinski definition) is 2. The Morgan fingerprint density at radius 2 is 2.04 bits per heavy atom. The van der Waals surface area contributed by atoms with Gasteiger partial charge in [0.05, 0.1) is 0 Å². The van der Waals surface area contributed by atoms with Crippen LogP contribution in [-0.2, 0) is 6.42 Å². The van der Waals surface area contributed by atoms with Crippen molar-refractivity contribution in [2.45, 2.75) is 24.8 Å². The number of aromatic nitrogens is 1. The summed E-state index contributed by atoms with van der Waals surface area (Å²) in [5, 5.41) is 6.86. The van der Waals surface area contributed by atoms with Gasteiger partial charge in [0.2, 0.25) is 0 Å². The molecule has 4 nitrogen and oxygen atoms in total. The van der Waals surface area contributed by atoms with E-state index in [9.17, 15) is 0 Å². The van der Waals surface area contributed by atoms with Crippen LogP contribution in [0.15, 0.2) is 58.1 Å². The maximum absolute atomic E-state index is 4.33. The van der Waals surface area contributed by atoms with Gasteiger partial charge in [-0.05, 0) is 36.2 Å². The van der Waals surface area contributed by atoms with Gasteiger partial charge in [0.1, 0.15) is 0 Å². The number of nitrogens with one attached hydrogen (secondary N) is 2. The van der Waals surface area contributed by atoms with Crippen molar-refractivity contribution in [2.24, 2.45) is 4.99 Å². The molecule has 6 heteroatoms. The third kappa shape index (κ3) is 5.44. The van der Waals surface area contributed by atoms with Crippen LogP contribution < -0.4 is 10.6 Å². The Morgan fingerprint density at radius 1 is 1.25 bits per heavy atom. The van der Waals surface area contributed by atoms with E-state index in [1.807, 2.05) is 31.4 Å². The van der Waals surface area contributed by atoms with Crippen LogP contribution in [-0.4, -0.2) is 30.6 Å². The lowest BCUT2D eigenvalue weighted by Crippen LogP contribution is -2.40. The highest BCUT2D eigenvalue weighted by Crippen LogP contribution is 2.40. The quantitative estimate of drug-likeness (QED) is 0.373. The van der Waals surface area contributed by atoms with Crippen LogP contribution in [0.2, 0.25) is 0 Å². The molecule has 1 aromatic carbocycles. The summed E-state index contributed by atoms with van der Waals surface area (Å²) in [7, 11) is 1.81. The molecular formula is C18H22BrIN4. The summed E-state index contributed by atoms with van der Waals surface area (Å²) in [4.78, 5) is 8.64. The Hall–Kier alpha value is -1.15. The first-order valence-corrected chi connectivity index (χ1v) is 8.68. The standard InChI is InChI=1S/C18H21BrN4.HI/c1-20-18(22-11-9-15-4-2-3-10-21-15)23-17-12-16(17)13-5-7-14(19)8-6-13;/h2-8,10,16-17H,9,11-12H2,1H3,(H2,20,22,23);1H. The first-order valence-electron chi connectivity index (χ1n) is 7.89. The molecule has 0 aliphatic heterocycles. The first-order chi connectivity index (χ1) is 11.3. The van der Waals surface area contributed by atoms with E-state index in [4.69, 9.17) is 0 Å². The summed E-state index contributed by atoms with van der Waals surface area (Å²) < 4.78 is 1.12. The van der Waals surface area contributed by atoms with Crippen molar-refractivity contribution in [3.8, 4) is 0 Å². The van der Waals surface area contributed by atoms with Crippen LogP contribution >= 0.6 is 39.9 Å². The van der Waals surface area contributed by atoms with Crippen molar-refractivity contribution in [1.29, 1.82) is 0 Å². The highest BCUT2D eigenvalue weighted by Gasteiger charge is 2.38. The van der Waals surface area contributed by atoms with Crippen LogP contribution in [0.5, 0.6) is 0 Å². The molecule has 1 aromatic heterocycles. The van der Waals surface area contributed by atoms with Gasteiger partial charge in [0.15, 0.2) is 5.96 Å². The van der Waals surface area contributed by atoms with Crippen LogP contribution in [0, 0.1) is 0 Å². The molecule has 2 unspecified atom stereocenters. The van der Waals surface area contributed by atoms with Crippen LogP contribution in [0.4, 0.5) is 0 Å². The molecule has 1 fully saturated rings. The van der Waals surface area contributed by atoms with Gasteiger partial charge in [0.25, 0.3) is 0 Å². The van der Waals surface area contributed by atoms with E-state index >= 15 is 0 Å². The Kier molecular flexibility index (Phi) is 7.48. The Morgan fingerprint density at radius 3 is 2.71 bits per heavy atom. The molecule has 1 aliphatic rings. The van der Waals surface area contributed by atoms with Crippen molar-refractivity contribution in [2.75, 3.05) is 13.6 Å². The highest BCUT2D eigenvalue weighted by molar-refractivity contribution is 14.0. The molecule has 0 saturated heterocycles. The van der Waals surface area contributed by atoms with E-state index in [1.54, 1.807) is 0 Å². The smallest absolute Gasteiger partial charge is 0.191 e. The Balaban J connectivity index is 0.00000208. The molecule has 2 aromatic rings. The number of halogens is 2. The minimum Gasteiger partial charge on any atom is -0.356 e. The molecule has 2 N–H and O–H groups in total. The Bertz CT molecular complexity index is 660. The van der Waals surface area contributed by atoms with E-state index in [-0.39, 0.29) is 24.0 Å². The molecular weight excluding hydrogens is 479 g/mol. The van der Waals surface area contributed by atoms with Gasteiger partial charge in [-0.3, -0.25) is 9.98 Å². The zero-order valence-electron chi connectivity index (χ0n) is 13.6. The molecule has 1 heterocycles. The molecule has 3 rings (SSSR count). The molecule has 0 bridgehead atoms. The number of guanidine groups is 1. The fourth-order valence-corrected chi connectivity index (χ4v) is 2.92. The molecule has 1 saturated carbocycles. The third-order valence-corrected chi connectivity index (χ3v) is 4.56. The van der Waals surface area contributed by atoms with Crippen LogP contribution in [0.3, 0.4) is 0 Å². The fourth-order valence-electron chi connectivity index (χ4n) is 2.66. The topological polar surface area (TPSA) is 49.3 Å². The monoisotopic (exact) mass is 500 g/mol. The SMILES string of the molecule is CN=C(NCCc1ccccn1)NC1CC1c1ccc(Br)cc1.I. The minimum absolute atomic E-state index is 0. The van der Waals surface area contributed by atoms with E-state index in [1.165, 1.54) is 5.56 Å². The van der Waals surface area contributed by atoms with E-state index in [0.29, 0.717) is 12.0 Å². The normalized spacial score (nSPS) is 19.3. The van der Waals surface area contributed by atoms with Crippen molar-refractivity contribution < 1.29 is 0 Å². The number of aliphatic imine (C=N–C) groups is 1. The maximum atomic E-state index is 4.33. The lowest BCUT2D eigenvalue weighted by Gasteiger charge is -2.11. The average molecular weight is 501 g/mol. The second-order valence-electron chi connectivity index (χ2n) is 5.71.